The number of carbonyl (C=O) groups is 3. The van der Waals surface area contributed by atoms with Gasteiger partial charge in [-0.05, 0) is 85.1 Å². The summed E-state index contributed by atoms with van der Waals surface area (Å²) in [6, 6.07) is 33.6. The van der Waals surface area contributed by atoms with E-state index in [1.54, 1.807) is 12.1 Å². The molecule has 0 fully saturated rings. The highest BCUT2D eigenvalue weighted by atomic mass is 16.6. The first-order valence-corrected chi connectivity index (χ1v) is 23.7. The van der Waals surface area contributed by atoms with Gasteiger partial charge in [0.05, 0.1) is 84.8 Å². The molecule has 4 rings (SSSR count). The number of unbranched alkanes of at least 4 members (excludes halogenated alkanes) is 1. The second-order valence-corrected chi connectivity index (χ2v) is 16.5. The average Bonchev–Trinajstić information content (AvgIpc) is 3.36. The third kappa shape index (κ3) is 20.7. The van der Waals surface area contributed by atoms with Crippen molar-refractivity contribution in [3.63, 3.8) is 0 Å². The molecule has 0 aromatic heterocycles. The molecular weight excluding hydrogens is 883 g/mol. The Morgan fingerprint density at radius 3 is 1.62 bits per heavy atom. The summed E-state index contributed by atoms with van der Waals surface area (Å²) in [6.45, 7) is 11.1. The highest BCUT2D eigenvalue weighted by Gasteiger charge is 2.36. The van der Waals surface area contributed by atoms with Crippen LogP contribution in [0, 0.1) is 12.8 Å². The largest absolute Gasteiger partial charge is 0.508 e. The van der Waals surface area contributed by atoms with Crippen molar-refractivity contribution in [1.82, 2.24) is 16.0 Å². The van der Waals surface area contributed by atoms with Crippen LogP contribution >= 0.6 is 0 Å². The molecule has 0 saturated heterocycles. The second kappa shape index (κ2) is 32.8. The fraction of sp³-hybridized carbons (Fsp3) is 0.481. The number of carbonyl (C=O) groups excluding carboxylic acids is 3. The molecular formula is C52H71N7O10. The maximum Gasteiger partial charge on any atom is 0.246 e. The van der Waals surface area contributed by atoms with Gasteiger partial charge in [0.1, 0.15) is 17.8 Å². The van der Waals surface area contributed by atoms with E-state index in [-0.39, 0.29) is 37.2 Å². The molecule has 2 atom stereocenters. The Labute approximate surface area is 406 Å². The number of phenols is 1. The maximum atomic E-state index is 13.9. The van der Waals surface area contributed by atoms with E-state index in [2.05, 4.69) is 86.7 Å². The lowest BCUT2D eigenvalue weighted by atomic mass is 9.76. The van der Waals surface area contributed by atoms with Gasteiger partial charge >= 0.3 is 0 Å². The van der Waals surface area contributed by atoms with Crippen LogP contribution in [0.1, 0.15) is 61.8 Å². The maximum absolute atomic E-state index is 13.9. The van der Waals surface area contributed by atoms with Gasteiger partial charge < -0.3 is 49.5 Å². The number of phenolic OH excluding ortho intramolecular Hbond substituents is 1. The molecule has 0 heterocycles. The lowest BCUT2D eigenvalue weighted by molar-refractivity contribution is -0.132. The van der Waals surface area contributed by atoms with Gasteiger partial charge in [-0.2, -0.15) is 0 Å². The monoisotopic (exact) mass is 954 g/mol. The van der Waals surface area contributed by atoms with Gasteiger partial charge in [0.25, 0.3) is 0 Å². The zero-order valence-electron chi connectivity index (χ0n) is 40.3. The molecule has 0 spiro atoms. The summed E-state index contributed by atoms with van der Waals surface area (Å²) in [5.41, 5.74) is 12.5. The number of benzene rings is 4. The third-order valence-electron chi connectivity index (χ3n) is 11.0. The van der Waals surface area contributed by atoms with Gasteiger partial charge in [-0.1, -0.05) is 109 Å². The lowest BCUT2D eigenvalue weighted by Gasteiger charge is -2.37. The Kier molecular flexibility index (Phi) is 26.5. The fourth-order valence-corrected chi connectivity index (χ4v) is 7.34. The summed E-state index contributed by atoms with van der Waals surface area (Å²) in [4.78, 5) is 43.4. The first kappa shape index (κ1) is 55.7. The third-order valence-corrected chi connectivity index (χ3v) is 11.0. The smallest absolute Gasteiger partial charge is 0.246 e. The Hall–Kier alpha value is -5.88. The highest BCUT2D eigenvalue weighted by Crippen LogP contribution is 2.37. The molecule has 0 saturated carbocycles. The standard InChI is InChI=1S/C52H71N7O10/c1-40(2)49(58-48(61)25-28-64-30-32-66-34-36-68-38-39-69-37-35-67-33-31-65-29-27-55-59-53)51(63)57-47(50(62)56-45-21-23-46(60)24-22-45)16-10-11-26-54-52(42-12-6-4-7-13-42,43-14-8-5-9-15-43)44-19-17-41(3)18-20-44/h4-9,12-15,17-24,40,47,49,54,60H,10-11,16,25-39H2,1-3H3,(H,56,62)(H,57,63)(H,58,61)/t47-,49-/m0/s1. The van der Waals surface area contributed by atoms with Crippen molar-refractivity contribution in [1.29, 1.82) is 0 Å². The van der Waals surface area contributed by atoms with Crippen LogP contribution in [0.3, 0.4) is 0 Å². The van der Waals surface area contributed by atoms with Crippen LogP contribution in [-0.4, -0.2) is 127 Å². The van der Waals surface area contributed by atoms with E-state index in [0.29, 0.717) is 104 Å². The number of aryl methyl sites for hydroxylation is 1. The van der Waals surface area contributed by atoms with Crippen LogP contribution < -0.4 is 21.3 Å². The number of nitrogens with zero attached hydrogens (tertiary/aromatic N) is 3. The molecule has 4 aromatic rings. The minimum absolute atomic E-state index is 0.0328. The van der Waals surface area contributed by atoms with Crippen LogP contribution in [0.25, 0.3) is 10.4 Å². The Bertz CT molecular complexity index is 2050. The van der Waals surface area contributed by atoms with E-state index in [9.17, 15) is 19.5 Å². The minimum atomic E-state index is -0.914. The van der Waals surface area contributed by atoms with Gasteiger partial charge in [0, 0.05) is 23.6 Å². The van der Waals surface area contributed by atoms with Crippen molar-refractivity contribution >= 4 is 23.4 Å². The average molecular weight is 954 g/mol. The van der Waals surface area contributed by atoms with Gasteiger partial charge in [0.2, 0.25) is 17.7 Å². The predicted octanol–water partition coefficient (Wildman–Crippen LogP) is 6.82. The molecule has 69 heavy (non-hydrogen) atoms. The number of amides is 3. The number of aromatic hydroxyl groups is 1. The van der Waals surface area contributed by atoms with E-state index in [4.69, 9.17) is 34.0 Å². The number of ether oxygens (including phenoxy) is 6. The molecule has 0 bridgehead atoms. The zero-order valence-corrected chi connectivity index (χ0v) is 40.3. The molecule has 0 aliphatic heterocycles. The van der Waals surface area contributed by atoms with Gasteiger partial charge in [-0.3, -0.25) is 19.7 Å². The number of rotatable bonds is 36. The summed E-state index contributed by atoms with van der Waals surface area (Å²) in [5, 5.41) is 25.7. The van der Waals surface area contributed by atoms with Crippen molar-refractivity contribution in [2.75, 3.05) is 97.7 Å². The number of hydrogen-bond acceptors (Lipinski definition) is 12. The van der Waals surface area contributed by atoms with E-state index in [1.165, 1.54) is 12.1 Å². The van der Waals surface area contributed by atoms with E-state index in [1.807, 2.05) is 50.2 Å². The number of anilines is 1. The number of hydrogen-bond donors (Lipinski definition) is 5. The minimum Gasteiger partial charge on any atom is -0.508 e. The lowest BCUT2D eigenvalue weighted by Crippen LogP contribution is -2.54. The van der Waals surface area contributed by atoms with E-state index >= 15 is 0 Å². The Morgan fingerprint density at radius 1 is 0.623 bits per heavy atom. The van der Waals surface area contributed by atoms with E-state index in [0.717, 1.165) is 22.3 Å². The van der Waals surface area contributed by atoms with Crippen LogP contribution in [0.15, 0.2) is 114 Å². The first-order valence-electron chi connectivity index (χ1n) is 23.7. The Morgan fingerprint density at radius 2 is 1.12 bits per heavy atom. The second-order valence-electron chi connectivity index (χ2n) is 16.5. The van der Waals surface area contributed by atoms with Crippen molar-refractivity contribution in [2.24, 2.45) is 11.0 Å². The van der Waals surface area contributed by atoms with Crippen molar-refractivity contribution in [3.8, 4) is 5.75 Å². The summed E-state index contributed by atoms with van der Waals surface area (Å²) >= 11 is 0. The summed E-state index contributed by atoms with van der Waals surface area (Å²) in [7, 11) is 0. The van der Waals surface area contributed by atoms with Crippen LogP contribution in [0.4, 0.5) is 5.69 Å². The van der Waals surface area contributed by atoms with Crippen LogP contribution in [0.5, 0.6) is 5.75 Å². The SMILES string of the molecule is Cc1ccc(C(NCCCC[C@H](NC(=O)[C@@H](NC(=O)CCOCCOCCOCCOCCOCCOCCN=[N+]=[N-])C(C)C)C(=O)Nc2ccc(O)cc2)(c2ccccc2)c2ccccc2)cc1. The van der Waals surface area contributed by atoms with Crippen molar-refractivity contribution in [3.05, 3.63) is 142 Å². The van der Waals surface area contributed by atoms with Gasteiger partial charge in [-0.15, -0.1) is 0 Å². The van der Waals surface area contributed by atoms with E-state index < -0.39 is 29.4 Å². The van der Waals surface area contributed by atoms with Gasteiger partial charge in [-0.25, -0.2) is 0 Å². The molecule has 0 aliphatic carbocycles. The van der Waals surface area contributed by atoms with Crippen molar-refractivity contribution in [2.45, 2.75) is 64.1 Å². The normalized spacial score (nSPS) is 12.2. The topological polar surface area (TPSA) is 224 Å². The quantitative estimate of drug-likeness (QED) is 0.00795. The zero-order chi connectivity index (χ0) is 49.4. The number of azide groups is 1. The Balaban J connectivity index is 1.21. The molecule has 0 unspecified atom stereocenters. The fourth-order valence-electron chi connectivity index (χ4n) is 7.34. The van der Waals surface area contributed by atoms with Gasteiger partial charge in [0.15, 0.2) is 0 Å². The molecule has 0 radical (unpaired) electrons. The number of nitrogens with one attached hydrogen (secondary N) is 4. The molecule has 0 aliphatic rings. The molecule has 3 amide bonds. The van der Waals surface area contributed by atoms with Crippen LogP contribution in [0.2, 0.25) is 0 Å². The van der Waals surface area contributed by atoms with Crippen molar-refractivity contribution < 1.29 is 47.9 Å². The molecule has 17 heteroatoms. The first-order chi connectivity index (χ1) is 33.6. The predicted molar refractivity (Wildman–Crippen MR) is 265 cm³/mol. The molecule has 17 nitrogen and oxygen atoms in total. The molecule has 4 aromatic carbocycles. The molecule has 374 valence electrons. The summed E-state index contributed by atoms with van der Waals surface area (Å²) < 4.78 is 32.8. The summed E-state index contributed by atoms with van der Waals surface area (Å²) in [6.07, 6.45) is 1.64. The molecule has 5 N–H and O–H groups in total. The van der Waals surface area contributed by atoms with Crippen LogP contribution in [-0.2, 0) is 48.3 Å². The highest BCUT2D eigenvalue weighted by molar-refractivity contribution is 5.98. The summed E-state index contributed by atoms with van der Waals surface area (Å²) in [5.74, 6) is -1.45.